The van der Waals surface area contributed by atoms with E-state index in [-0.39, 0.29) is 69.5 Å². The SMILES string of the molecule is CC1(C)CC[C@]2(C(=O)OCCc3ccc(OCc4ccc(B5OC(C)(C)C(C)(C)O5)cc4)cc3)CC[C@]3(C)[C@H](C(=O)C=C4[C@@]5(C)C=C(C#N)C(=O)C(C)(C)[C@@H]5CC[C@]43C)[C@@H]2C1. The van der Waals surface area contributed by atoms with Gasteiger partial charge in [0.25, 0.3) is 0 Å². The maximum atomic E-state index is 14.9. The molecule has 0 radical (unpaired) electrons. The van der Waals surface area contributed by atoms with Gasteiger partial charge in [0, 0.05) is 23.2 Å². The predicted molar refractivity (Wildman–Crippen MR) is 236 cm³/mol. The van der Waals surface area contributed by atoms with Gasteiger partial charge in [-0.25, -0.2) is 0 Å². The normalized spacial score (nSPS) is 35.3. The van der Waals surface area contributed by atoms with Crippen LogP contribution < -0.4 is 10.2 Å². The highest BCUT2D eigenvalue weighted by Crippen LogP contribution is 2.74. The van der Waals surface area contributed by atoms with Crippen molar-refractivity contribution in [2.45, 2.75) is 145 Å². The molecule has 0 bridgehead atoms. The molecule has 8 rings (SSSR count). The Kier molecular flexibility index (Phi) is 10.4. The van der Waals surface area contributed by atoms with Gasteiger partial charge in [0.1, 0.15) is 18.4 Å². The number of allylic oxidation sites excluding steroid dienone is 4. The first-order valence-electron chi connectivity index (χ1n) is 22.7. The fourth-order valence-corrected chi connectivity index (χ4v) is 13.1. The van der Waals surface area contributed by atoms with Crippen molar-refractivity contribution in [2.24, 2.45) is 50.2 Å². The monoisotopic (exact) mass is 827 g/mol. The van der Waals surface area contributed by atoms with Crippen molar-refractivity contribution in [1.82, 2.24) is 0 Å². The zero-order valence-electron chi connectivity index (χ0n) is 38.5. The summed E-state index contributed by atoms with van der Waals surface area (Å²) >= 11 is 0. The van der Waals surface area contributed by atoms with Crippen molar-refractivity contribution in [3.8, 4) is 11.8 Å². The van der Waals surface area contributed by atoms with Crippen LogP contribution in [0, 0.1) is 61.6 Å². The third kappa shape index (κ3) is 6.80. The second kappa shape index (κ2) is 14.5. The van der Waals surface area contributed by atoms with E-state index >= 15 is 0 Å². The van der Waals surface area contributed by atoms with Crippen LogP contribution in [-0.2, 0) is 41.5 Å². The lowest BCUT2D eigenvalue weighted by molar-refractivity contribution is -0.193. The molecule has 9 heteroatoms. The number of nitrogens with zero attached hydrogens (tertiary/aromatic N) is 1. The van der Waals surface area contributed by atoms with Gasteiger partial charge in [-0.3, -0.25) is 14.4 Å². The molecule has 0 spiro atoms. The molecule has 0 amide bonds. The van der Waals surface area contributed by atoms with Crippen molar-refractivity contribution in [3.05, 3.63) is 83.0 Å². The van der Waals surface area contributed by atoms with Gasteiger partial charge in [0.2, 0.25) is 0 Å². The van der Waals surface area contributed by atoms with E-state index in [1.807, 2.05) is 74.5 Å². The Morgan fingerprint density at radius 3 is 2.08 bits per heavy atom. The molecular weight excluding hydrogens is 761 g/mol. The third-order valence-corrected chi connectivity index (χ3v) is 17.7. The topological polar surface area (TPSA) is 112 Å². The van der Waals surface area contributed by atoms with Gasteiger partial charge in [-0.05, 0) is 136 Å². The molecule has 2 aromatic rings. The molecule has 8 nitrogen and oxygen atoms in total. The van der Waals surface area contributed by atoms with Crippen LogP contribution >= 0.6 is 0 Å². The quantitative estimate of drug-likeness (QED) is 0.191. The van der Waals surface area contributed by atoms with Crippen molar-refractivity contribution < 1.29 is 33.2 Å². The number of hydrogen-bond donors (Lipinski definition) is 0. The number of ketones is 2. The molecule has 4 fully saturated rings. The minimum absolute atomic E-state index is 0.00943. The van der Waals surface area contributed by atoms with Crippen LogP contribution in [0.4, 0.5) is 0 Å². The van der Waals surface area contributed by atoms with Crippen LogP contribution in [0.3, 0.4) is 0 Å². The van der Waals surface area contributed by atoms with Crippen molar-refractivity contribution in [3.63, 3.8) is 0 Å². The Morgan fingerprint density at radius 1 is 0.820 bits per heavy atom. The van der Waals surface area contributed by atoms with Gasteiger partial charge < -0.3 is 18.8 Å². The van der Waals surface area contributed by atoms with Crippen molar-refractivity contribution in [2.75, 3.05) is 6.61 Å². The predicted octanol–water partition coefficient (Wildman–Crippen LogP) is 9.87. The summed E-state index contributed by atoms with van der Waals surface area (Å²) in [4.78, 5) is 43.0. The Balaban J connectivity index is 0.941. The molecule has 2 aromatic carbocycles. The number of benzene rings is 2. The molecule has 0 aromatic heterocycles. The molecule has 0 unspecified atom stereocenters. The number of esters is 1. The molecule has 1 saturated heterocycles. The summed E-state index contributed by atoms with van der Waals surface area (Å²) in [6, 6.07) is 18.3. The van der Waals surface area contributed by atoms with Crippen LogP contribution in [0.25, 0.3) is 0 Å². The van der Waals surface area contributed by atoms with Crippen LogP contribution in [0.5, 0.6) is 5.75 Å². The highest BCUT2D eigenvalue weighted by Gasteiger charge is 2.71. The Bertz CT molecular complexity index is 2210. The van der Waals surface area contributed by atoms with E-state index in [0.29, 0.717) is 25.9 Å². The largest absolute Gasteiger partial charge is 0.494 e. The summed E-state index contributed by atoms with van der Waals surface area (Å²) in [5.41, 5.74) is 0.823. The first-order chi connectivity index (χ1) is 28.4. The number of carbonyl (C=O) groups is 3. The number of hydrogen-bond acceptors (Lipinski definition) is 8. The summed E-state index contributed by atoms with van der Waals surface area (Å²) in [7, 11) is -0.399. The number of fused-ring (bicyclic) bond motifs is 7. The molecule has 1 heterocycles. The summed E-state index contributed by atoms with van der Waals surface area (Å²) in [6.45, 7) is 24.2. The first kappa shape index (κ1) is 43.6. The van der Waals surface area contributed by atoms with Crippen LogP contribution in [0.2, 0.25) is 0 Å². The Labute approximate surface area is 364 Å². The molecule has 324 valence electrons. The molecule has 1 aliphatic heterocycles. The number of ether oxygens (including phenoxy) is 2. The van der Waals surface area contributed by atoms with Gasteiger partial charge in [0.15, 0.2) is 11.6 Å². The van der Waals surface area contributed by atoms with Crippen molar-refractivity contribution in [1.29, 1.82) is 5.26 Å². The summed E-state index contributed by atoms with van der Waals surface area (Å²) in [5.74, 6) is 0.139. The molecule has 0 N–H and O–H groups in total. The number of Topliss-reactive ketones (excluding diaryl/α,β-unsaturated/α-hetero) is 1. The zero-order valence-corrected chi connectivity index (χ0v) is 38.5. The van der Waals surface area contributed by atoms with E-state index in [2.05, 4.69) is 68.4 Å². The van der Waals surface area contributed by atoms with E-state index in [4.69, 9.17) is 18.8 Å². The number of carbonyl (C=O) groups excluding carboxylic acids is 3. The second-order valence-corrected chi connectivity index (χ2v) is 22.6. The lowest BCUT2D eigenvalue weighted by Gasteiger charge is -2.68. The number of rotatable bonds is 8. The molecule has 61 heavy (non-hydrogen) atoms. The van der Waals surface area contributed by atoms with Crippen LogP contribution in [0.1, 0.15) is 132 Å². The van der Waals surface area contributed by atoms with Gasteiger partial charge in [-0.1, -0.05) is 96.5 Å². The van der Waals surface area contributed by atoms with E-state index in [9.17, 15) is 19.6 Å². The maximum Gasteiger partial charge on any atom is 0.494 e. The highest BCUT2D eigenvalue weighted by atomic mass is 16.7. The Hall–Kier alpha value is -4.00. The smallest absolute Gasteiger partial charge is 0.489 e. The summed E-state index contributed by atoms with van der Waals surface area (Å²) < 4.78 is 24.8. The fraction of sp³-hybridized carbons (Fsp3) is 0.615. The van der Waals surface area contributed by atoms with E-state index in [0.717, 1.165) is 60.0 Å². The average Bonchev–Trinajstić information content (AvgIpc) is 3.42. The standard InChI is InChI=1S/C52H66BNO7/c1-45(2)23-25-52(44(57)58-27-21-33-14-18-37(19-15-33)59-32-34-12-16-36(17-13-34)53-60-47(5,6)48(7,8)61-53)26-24-51(11)42(38(52)30-45)39(55)28-41-49(9)29-35(31-54)43(56)46(3,4)40(49)20-22-50(41,51)10/h12-19,28-29,38,40,42H,20-27,30,32H2,1-11H3/t38-,40-,42-,49-,50+,51+,52-/m0/s1. The van der Waals surface area contributed by atoms with Crippen LogP contribution in [-0.4, -0.2) is 42.5 Å². The van der Waals surface area contributed by atoms with Crippen LogP contribution in [0.15, 0.2) is 71.8 Å². The van der Waals surface area contributed by atoms with Gasteiger partial charge in [0.05, 0.1) is 28.8 Å². The lowest BCUT2D eigenvalue weighted by atomic mass is 9.34. The summed E-state index contributed by atoms with van der Waals surface area (Å²) in [5, 5.41) is 10.1. The molecule has 6 aliphatic rings. The first-order valence-corrected chi connectivity index (χ1v) is 22.7. The average molecular weight is 828 g/mol. The van der Waals surface area contributed by atoms with Gasteiger partial charge >= 0.3 is 13.1 Å². The fourth-order valence-electron chi connectivity index (χ4n) is 13.1. The molecule has 7 atom stereocenters. The minimum atomic E-state index is -0.717. The van der Waals surface area contributed by atoms with E-state index in [1.165, 1.54) is 0 Å². The molecular formula is C52H66BNO7. The highest BCUT2D eigenvalue weighted by molar-refractivity contribution is 6.62. The molecule has 5 aliphatic carbocycles. The van der Waals surface area contributed by atoms with Gasteiger partial charge in [-0.15, -0.1) is 0 Å². The third-order valence-electron chi connectivity index (χ3n) is 17.7. The molecule has 3 saturated carbocycles. The lowest BCUT2D eigenvalue weighted by Crippen LogP contribution is -2.66. The van der Waals surface area contributed by atoms with Crippen molar-refractivity contribution >= 4 is 30.1 Å². The second-order valence-electron chi connectivity index (χ2n) is 22.6. The Morgan fingerprint density at radius 2 is 1.44 bits per heavy atom. The number of nitriles is 1. The van der Waals surface area contributed by atoms with Gasteiger partial charge in [-0.2, -0.15) is 5.26 Å². The van der Waals surface area contributed by atoms with E-state index in [1.54, 1.807) is 0 Å². The zero-order chi connectivity index (χ0) is 44.2. The van der Waals surface area contributed by atoms with E-state index < -0.39 is 28.8 Å². The minimum Gasteiger partial charge on any atom is -0.489 e. The summed E-state index contributed by atoms with van der Waals surface area (Å²) in [6.07, 6.45) is 9.93. The maximum absolute atomic E-state index is 14.9.